The molecule has 1 fully saturated rings. The summed E-state index contributed by atoms with van der Waals surface area (Å²) in [4.78, 5) is 41.0. The normalized spacial score (nSPS) is 27.6. The number of anilines is 1. The van der Waals surface area contributed by atoms with Crippen molar-refractivity contribution in [3.63, 3.8) is 0 Å². The number of hydrogen-bond acceptors (Lipinski definition) is 4. The molecule has 0 spiro atoms. The van der Waals surface area contributed by atoms with E-state index in [4.69, 9.17) is 11.6 Å². The molecule has 2 atom stereocenters. The van der Waals surface area contributed by atoms with Crippen molar-refractivity contribution < 1.29 is 14.5 Å². The summed E-state index contributed by atoms with van der Waals surface area (Å²) in [5.41, 5.74) is 0.899. The van der Waals surface area contributed by atoms with E-state index in [-0.39, 0.29) is 15.6 Å². The number of imide groups is 1. The zero-order valence-electron chi connectivity index (χ0n) is 16.1. The van der Waals surface area contributed by atoms with Crippen molar-refractivity contribution in [1.82, 2.24) is 0 Å². The van der Waals surface area contributed by atoms with Crippen LogP contribution in [-0.2, 0) is 15.1 Å². The fourth-order valence-electron chi connectivity index (χ4n) is 5.91. The molecule has 3 aromatic rings. The first-order chi connectivity index (χ1) is 15.0. The standard InChI is InChI=1S/C24H15ClN2O4/c25-17-11-5-6-12-18(17)26-22(28)20-19-13-7-1-3-9-15(13)24(27(30)31,21(20)23(26)29)16-10-4-2-8-14(16)19/h1-12,19-21H/t19?,20-,21-,24?/m0/s1. The van der Waals surface area contributed by atoms with Gasteiger partial charge in [-0.05, 0) is 23.3 Å². The Morgan fingerprint density at radius 1 is 0.839 bits per heavy atom. The van der Waals surface area contributed by atoms with Gasteiger partial charge in [-0.1, -0.05) is 72.3 Å². The Labute approximate surface area is 182 Å². The van der Waals surface area contributed by atoms with Crippen molar-refractivity contribution in [1.29, 1.82) is 0 Å². The predicted octanol–water partition coefficient (Wildman–Crippen LogP) is 4.13. The second-order valence-corrected chi connectivity index (χ2v) is 8.55. The Kier molecular flexibility index (Phi) is 3.55. The molecule has 0 saturated carbocycles. The summed E-state index contributed by atoms with van der Waals surface area (Å²) >= 11 is 6.32. The van der Waals surface area contributed by atoms with E-state index in [2.05, 4.69) is 0 Å². The number of nitro groups is 1. The lowest BCUT2D eigenvalue weighted by molar-refractivity contribution is -0.578. The van der Waals surface area contributed by atoms with E-state index < -0.39 is 35.1 Å². The molecule has 3 aromatic carbocycles. The molecule has 0 aromatic heterocycles. The molecule has 4 aliphatic rings. The maximum Gasteiger partial charge on any atom is 0.285 e. The van der Waals surface area contributed by atoms with Gasteiger partial charge in [-0.3, -0.25) is 19.7 Å². The van der Waals surface area contributed by atoms with Gasteiger partial charge < -0.3 is 0 Å². The van der Waals surface area contributed by atoms with E-state index in [0.29, 0.717) is 11.1 Å². The number of halogens is 1. The summed E-state index contributed by atoms with van der Waals surface area (Å²) in [6, 6.07) is 20.8. The molecule has 1 heterocycles. The molecule has 152 valence electrons. The van der Waals surface area contributed by atoms with Gasteiger partial charge in [-0.25, -0.2) is 4.90 Å². The highest BCUT2D eigenvalue weighted by molar-refractivity contribution is 6.36. The van der Waals surface area contributed by atoms with Crippen LogP contribution >= 0.6 is 11.6 Å². The SMILES string of the molecule is O=C1[C@@H]2[C@@H](C(=O)N1c1ccccc1Cl)C1c3ccccc3C2([N+](=O)[O-])c2ccccc21. The second-order valence-electron chi connectivity index (χ2n) is 8.14. The van der Waals surface area contributed by atoms with Crippen molar-refractivity contribution >= 4 is 29.1 Å². The largest absolute Gasteiger partial charge is 0.285 e. The summed E-state index contributed by atoms with van der Waals surface area (Å²) in [6.07, 6.45) is 0. The highest BCUT2D eigenvalue weighted by Gasteiger charge is 2.74. The topological polar surface area (TPSA) is 80.5 Å². The molecule has 0 radical (unpaired) electrons. The van der Waals surface area contributed by atoms with Crippen LogP contribution in [0.4, 0.5) is 5.69 Å². The van der Waals surface area contributed by atoms with Crippen LogP contribution in [0.3, 0.4) is 0 Å². The van der Waals surface area contributed by atoms with Gasteiger partial charge in [-0.2, -0.15) is 0 Å². The zero-order valence-corrected chi connectivity index (χ0v) is 16.8. The average Bonchev–Trinajstić information content (AvgIpc) is 3.05. The number of carbonyl (C=O) groups excluding carboxylic acids is 2. The van der Waals surface area contributed by atoms with E-state index in [1.807, 2.05) is 24.3 Å². The maximum absolute atomic E-state index is 13.8. The molecule has 6 nitrogen and oxygen atoms in total. The number of benzene rings is 3. The Morgan fingerprint density at radius 2 is 1.39 bits per heavy atom. The lowest BCUT2D eigenvalue weighted by Gasteiger charge is -2.48. The van der Waals surface area contributed by atoms with Crippen molar-refractivity contribution in [3.05, 3.63) is 110 Å². The average molecular weight is 431 g/mol. The fourth-order valence-corrected chi connectivity index (χ4v) is 6.13. The van der Waals surface area contributed by atoms with Crippen molar-refractivity contribution in [2.45, 2.75) is 11.5 Å². The van der Waals surface area contributed by atoms with Gasteiger partial charge in [0.25, 0.3) is 5.54 Å². The van der Waals surface area contributed by atoms with E-state index in [0.717, 1.165) is 16.0 Å². The lowest BCUT2D eigenvalue weighted by atomic mass is 9.51. The van der Waals surface area contributed by atoms with Crippen LogP contribution in [0.5, 0.6) is 0 Å². The van der Waals surface area contributed by atoms with E-state index in [1.54, 1.807) is 48.5 Å². The second kappa shape index (κ2) is 6.02. The fraction of sp³-hybridized carbons (Fsp3) is 0.167. The minimum absolute atomic E-state index is 0.250. The minimum atomic E-state index is -1.82. The molecular formula is C24H15ClN2O4. The Bertz CT molecular complexity index is 1270. The maximum atomic E-state index is 13.8. The number of carbonyl (C=O) groups is 2. The molecule has 0 unspecified atom stereocenters. The summed E-state index contributed by atoms with van der Waals surface area (Å²) in [5.74, 6) is -3.44. The summed E-state index contributed by atoms with van der Waals surface area (Å²) in [6.45, 7) is 0. The molecule has 7 rings (SSSR count). The van der Waals surface area contributed by atoms with Crippen LogP contribution in [0.2, 0.25) is 5.02 Å². The minimum Gasteiger partial charge on any atom is -0.274 e. The molecule has 31 heavy (non-hydrogen) atoms. The smallest absolute Gasteiger partial charge is 0.274 e. The van der Waals surface area contributed by atoms with Gasteiger partial charge >= 0.3 is 0 Å². The molecule has 3 aliphatic carbocycles. The highest BCUT2D eigenvalue weighted by atomic mass is 35.5. The first-order valence-corrected chi connectivity index (χ1v) is 10.3. The number of rotatable bonds is 2. The van der Waals surface area contributed by atoms with E-state index in [1.165, 1.54) is 0 Å². The summed E-state index contributed by atoms with van der Waals surface area (Å²) in [7, 11) is 0. The van der Waals surface area contributed by atoms with Crippen molar-refractivity contribution in [2.75, 3.05) is 4.90 Å². The Balaban J connectivity index is 1.69. The molecule has 7 heteroatoms. The number of amides is 2. The lowest BCUT2D eigenvalue weighted by Crippen LogP contribution is -2.57. The monoisotopic (exact) mass is 430 g/mol. The molecule has 2 bridgehead atoms. The number of nitrogens with zero attached hydrogens (tertiary/aromatic N) is 2. The number of para-hydroxylation sites is 1. The van der Waals surface area contributed by atoms with Gasteiger partial charge in [0.15, 0.2) is 0 Å². The first kappa shape index (κ1) is 18.3. The third-order valence-corrected chi connectivity index (χ3v) is 7.27. The molecular weight excluding hydrogens is 416 g/mol. The predicted molar refractivity (Wildman–Crippen MR) is 113 cm³/mol. The highest BCUT2D eigenvalue weighted by Crippen LogP contribution is 2.64. The zero-order chi connectivity index (χ0) is 21.5. The van der Waals surface area contributed by atoms with Crippen LogP contribution in [0.25, 0.3) is 0 Å². The summed E-state index contributed by atoms with van der Waals surface area (Å²) < 4.78 is 0. The van der Waals surface area contributed by atoms with Crippen LogP contribution < -0.4 is 4.90 Å². The number of hydrogen-bond donors (Lipinski definition) is 0. The quantitative estimate of drug-likeness (QED) is 0.348. The molecule has 2 amide bonds. The van der Waals surface area contributed by atoms with Crippen molar-refractivity contribution in [3.8, 4) is 0 Å². The van der Waals surface area contributed by atoms with Gasteiger partial charge in [0.05, 0.1) is 16.6 Å². The van der Waals surface area contributed by atoms with Crippen LogP contribution in [0, 0.1) is 22.0 Å². The van der Waals surface area contributed by atoms with Gasteiger partial charge in [-0.15, -0.1) is 0 Å². The van der Waals surface area contributed by atoms with Crippen LogP contribution in [-0.4, -0.2) is 16.7 Å². The van der Waals surface area contributed by atoms with Gasteiger partial charge in [0, 0.05) is 22.0 Å². The molecule has 0 N–H and O–H groups in total. The van der Waals surface area contributed by atoms with E-state index in [9.17, 15) is 19.7 Å². The van der Waals surface area contributed by atoms with Crippen LogP contribution in [0.1, 0.15) is 28.2 Å². The van der Waals surface area contributed by atoms with Gasteiger partial charge in [0.2, 0.25) is 11.8 Å². The first-order valence-electron chi connectivity index (χ1n) is 9.95. The van der Waals surface area contributed by atoms with Gasteiger partial charge in [0.1, 0.15) is 5.92 Å². The molecule has 1 saturated heterocycles. The Morgan fingerprint density at radius 3 is 1.97 bits per heavy atom. The third kappa shape index (κ3) is 1.98. The van der Waals surface area contributed by atoms with Crippen molar-refractivity contribution in [2.24, 2.45) is 11.8 Å². The third-order valence-electron chi connectivity index (χ3n) is 6.95. The van der Waals surface area contributed by atoms with E-state index >= 15 is 0 Å². The van der Waals surface area contributed by atoms with Crippen LogP contribution in [0.15, 0.2) is 72.8 Å². The molecule has 1 aliphatic heterocycles. The summed E-state index contributed by atoms with van der Waals surface area (Å²) in [5, 5.41) is 13.1. The Hall–Kier alpha value is -3.51.